The molecule has 2 N–H and O–H groups in total. The number of hydrogen-bond donors (Lipinski definition) is 2. The highest BCUT2D eigenvalue weighted by atomic mass is 32.2. The largest absolute Gasteiger partial charge is 0.598 e. The zero-order chi connectivity index (χ0) is 14.8. The third kappa shape index (κ3) is 4.21. The van der Waals surface area contributed by atoms with Crippen molar-refractivity contribution in [3.63, 3.8) is 0 Å². The van der Waals surface area contributed by atoms with Crippen LogP contribution < -0.4 is 4.72 Å². The van der Waals surface area contributed by atoms with Gasteiger partial charge in [-0.25, -0.2) is 4.79 Å². The van der Waals surface area contributed by atoms with Crippen molar-refractivity contribution < 1.29 is 14.5 Å². The lowest BCUT2D eigenvalue weighted by atomic mass is 10.0. The number of nitrogens with one attached hydrogen (secondary N) is 1. The summed E-state index contributed by atoms with van der Waals surface area (Å²) in [5.74, 6) is -0.784. The van der Waals surface area contributed by atoms with Crippen LogP contribution in [0.15, 0.2) is 11.4 Å². The van der Waals surface area contributed by atoms with Crippen molar-refractivity contribution in [1.29, 1.82) is 0 Å². The lowest BCUT2D eigenvalue weighted by Crippen LogP contribution is -2.42. The Morgan fingerprint density at radius 3 is 2.47 bits per heavy atom. The molecule has 2 atom stereocenters. The minimum absolute atomic E-state index is 0.156. The number of thiophene rings is 1. The van der Waals surface area contributed by atoms with Crippen molar-refractivity contribution in [2.45, 2.75) is 45.4 Å². The number of aromatic carboxylic acids is 1. The Morgan fingerprint density at radius 2 is 2.05 bits per heavy atom. The zero-order valence-electron chi connectivity index (χ0n) is 11.9. The van der Waals surface area contributed by atoms with Crippen LogP contribution in [0.25, 0.3) is 0 Å². The molecule has 0 radical (unpaired) electrons. The summed E-state index contributed by atoms with van der Waals surface area (Å²) in [6, 6.07) is 1.38. The van der Waals surface area contributed by atoms with Gasteiger partial charge in [-0.3, -0.25) is 0 Å². The Balaban J connectivity index is 3.02. The maximum atomic E-state index is 12.2. The second-order valence-corrected chi connectivity index (χ2v) is 8.67. The van der Waals surface area contributed by atoms with E-state index in [1.807, 2.05) is 34.6 Å². The molecule has 1 rings (SSSR count). The minimum Gasteiger partial charge on any atom is -0.598 e. The Kier molecular flexibility index (Phi) is 5.43. The minimum atomic E-state index is -1.23. The summed E-state index contributed by atoms with van der Waals surface area (Å²) < 4.78 is 14.9. The molecule has 1 heterocycles. The molecular formula is C13H21NO3S2. The van der Waals surface area contributed by atoms with Gasteiger partial charge in [-0.1, -0.05) is 13.8 Å². The average Bonchev–Trinajstić information content (AvgIpc) is 2.71. The van der Waals surface area contributed by atoms with E-state index in [-0.39, 0.29) is 16.7 Å². The summed E-state index contributed by atoms with van der Waals surface area (Å²) in [4.78, 5) is 11.9. The Labute approximate surface area is 121 Å². The maximum absolute atomic E-state index is 12.2. The molecule has 0 fully saturated rings. The van der Waals surface area contributed by atoms with Gasteiger partial charge in [0, 0.05) is 16.2 Å². The van der Waals surface area contributed by atoms with E-state index < -0.39 is 17.3 Å². The molecule has 1 aromatic heterocycles. The van der Waals surface area contributed by atoms with Crippen LogP contribution in [-0.2, 0) is 11.4 Å². The van der Waals surface area contributed by atoms with Crippen molar-refractivity contribution in [2.24, 2.45) is 5.92 Å². The maximum Gasteiger partial charge on any atom is 0.336 e. The van der Waals surface area contributed by atoms with Crippen LogP contribution in [0.5, 0.6) is 0 Å². The molecule has 4 nitrogen and oxygen atoms in total. The molecule has 0 aromatic carbocycles. The number of carbonyl (C=O) groups is 1. The molecule has 0 spiro atoms. The zero-order valence-corrected chi connectivity index (χ0v) is 13.5. The van der Waals surface area contributed by atoms with E-state index in [1.54, 1.807) is 11.4 Å². The summed E-state index contributed by atoms with van der Waals surface area (Å²) in [5, 5.41) is 10.9. The highest BCUT2D eigenvalue weighted by Crippen LogP contribution is 2.32. The van der Waals surface area contributed by atoms with Crippen LogP contribution in [0.2, 0.25) is 0 Å². The van der Waals surface area contributed by atoms with Crippen LogP contribution >= 0.6 is 11.3 Å². The van der Waals surface area contributed by atoms with E-state index in [4.69, 9.17) is 0 Å². The average molecular weight is 303 g/mol. The van der Waals surface area contributed by atoms with E-state index in [0.717, 1.165) is 4.88 Å². The molecule has 0 bridgehead atoms. The first-order valence-electron chi connectivity index (χ1n) is 6.13. The fraction of sp³-hybridized carbons (Fsp3) is 0.615. The molecule has 0 amide bonds. The third-order valence-electron chi connectivity index (χ3n) is 2.66. The molecular weight excluding hydrogens is 282 g/mol. The van der Waals surface area contributed by atoms with Crippen LogP contribution in [0.4, 0.5) is 0 Å². The molecule has 6 heteroatoms. The summed E-state index contributed by atoms with van der Waals surface area (Å²) in [7, 11) is 0. The Morgan fingerprint density at radius 1 is 1.47 bits per heavy atom. The van der Waals surface area contributed by atoms with Gasteiger partial charge in [-0.2, -0.15) is 0 Å². The van der Waals surface area contributed by atoms with Crippen LogP contribution in [-0.4, -0.2) is 20.4 Å². The van der Waals surface area contributed by atoms with Gasteiger partial charge in [-0.05, 0) is 38.1 Å². The second-order valence-electron chi connectivity index (χ2n) is 5.72. The first-order chi connectivity index (χ1) is 8.64. The van der Waals surface area contributed by atoms with Gasteiger partial charge in [-0.15, -0.1) is 16.1 Å². The first-order valence-corrected chi connectivity index (χ1v) is 8.16. The highest BCUT2D eigenvalue weighted by molar-refractivity contribution is 7.90. The number of hydrogen-bond acceptors (Lipinski definition) is 4. The van der Waals surface area contributed by atoms with Crippen LogP contribution in [0, 0.1) is 5.92 Å². The van der Waals surface area contributed by atoms with E-state index in [0.29, 0.717) is 5.56 Å². The molecule has 108 valence electrons. The van der Waals surface area contributed by atoms with Gasteiger partial charge in [0.05, 0.1) is 11.6 Å². The van der Waals surface area contributed by atoms with Gasteiger partial charge in [0.25, 0.3) is 0 Å². The Hall–Kier alpha value is -0.560. The molecule has 19 heavy (non-hydrogen) atoms. The van der Waals surface area contributed by atoms with E-state index in [9.17, 15) is 14.5 Å². The van der Waals surface area contributed by atoms with E-state index >= 15 is 0 Å². The molecule has 0 aliphatic rings. The SMILES string of the molecule is CC(C)C(N[S+]([O-])C(C)(C)C)c1sccc1C(=O)O. The fourth-order valence-electron chi connectivity index (χ4n) is 1.52. The highest BCUT2D eigenvalue weighted by Gasteiger charge is 2.33. The third-order valence-corrected chi connectivity index (χ3v) is 5.25. The van der Waals surface area contributed by atoms with E-state index in [2.05, 4.69) is 4.72 Å². The predicted molar refractivity (Wildman–Crippen MR) is 79.9 cm³/mol. The van der Waals surface area contributed by atoms with Crippen molar-refractivity contribution in [2.75, 3.05) is 0 Å². The van der Waals surface area contributed by atoms with Crippen molar-refractivity contribution in [3.05, 3.63) is 21.9 Å². The predicted octanol–water partition coefficient (Wildman–Crippen LogP) is 3.20. The molecule has 0 aliphatic heterocycles. The van der Waals surface area contributed by atoms with Gasteiger partial charge in [0.1, 0.15) is 4.75 Å². The molecule has 0 aliphatic carbocycles. The summed E-state index contributed by atoms with van der Waals surface area (Å²) in [6.07, 6.45) is 0. The molecule has 0 saturated carbocycles. The molecule has 1 aromatic rings. The molecule has 0 saturated heterocycles. The lowest BCUT2D eigenvalue weighted by molar-refractivity contribution is 0.0695. The summed E-state index contributed by atoms with van der Waals surface area (Å²) in [6.45, 7) is 9.64. The topological polar surface area (TPSA) is 72.4 Å². The quantitative estimate of drug-likeness (QED) is 0.819. The van der Waals surface area contributed by atoms with Crippen molar-refractivity contribution in [1.82, 2.24) is 4.72 Å². The Bertz CT molecular complexity index is 437. The van der Waals surface area contributed by atoms with Gasteiger partial charge >= 0.3 is 5.97 Å². The number of carboxylic acids is 1. The summed E-state index contributed by atoms with van der Waals surface area (Å²) >= 11 is 0.159. The molecule has 2 unspecified atom stereocenters. The van der Waals surface area contributed by atoms with Gasteiger partial charge in [0.15, 0.2) is 0 Å². The van der Waals surface area contributed by atoms with Crippen LogP contribution in [0.3, 0.4) is 0 Å². The van der Waals surface area contributed by atoms with Crippen molar-refractivity contribution in [3.8, 4) is 0 Å². The smallest absolute Gasteiger partial charge is 0.336 e. The van der Waals surface area contributed by atoms with E-state index in [1.165, 1.54) is 11.3 Å². The lowest BCUT2D eigenvalue weighted by Gasteiger charge is -2.29. The number of carboxylic acid groups (broad SMARTS) is 1. The fourth-order valence-corrected chi connectivity index (χ4v) is 3.68. The van der Waals surface area contributed by atoms with Gasteiger partial charge < -0.3 is 9.66 Å². The summed E-state index contributed by atoms with van der Waals surface area (Å²) in [5.41, 5.74) is 0.294. The van der Waals surface area contributed by atoms with Crippen LogP contribution in [0.1, 0.15) is 55.9 Å². The first kappa shape index (κ1) is 16.5. The standard InChI is InChI=1S/C13H21NO3S2/c1-8(2)10(14-19(17)13(3,4)5)11-9(12(15)16)6-7-18-11/h6-8,10,14H,1-5H3,(H,15,16). The second kappa shape index (κ2) is 6.26. The normalized spacial score (nSPS) is 15.5. The monoisotopic (exact) mass is 303 g/mol. The van der Waals surface area contributed by atoms with Crippen molar-refractivity contribution >= 4 is 28.7 Å². The van der Waals surface area contributed by atoms with Gasteiger partial charge in [0.2, 0.25) is 0 Å². The number of rotatable bonds is 5.